The highest BCUT2D eigenvalue weighted by molar-refractivity contribution is 9.10. The lowest BCUT2D eigenvalue weighted by Gasteiger charge is -2.21. The van der Waals surface area contributed by atoms with E-state index in [1.807, 2.05) is 63.2 Å². The summed E-state index contributed by atoms with van der Waals surface area (Å²) in [7, 11) is -9.18. The molecule has 4 aromatic rings. The van der Waals surface area contributed by atoms with Crippen molar-refractivity contribution in [3.63, 3.8) is 0 Å². The van der Waals surface area contributed by atoms with Gasteiger partial charge >= 0.3 is 7.12 Å². The van der Waals surface area contributed by atoms with Crippen LogP contribution in [0, 0.1) is 0 Å². The van der Waals surface area contributed by atoms with Crippen molar-refractivity contribution in [1.82, 2.24) is 9.44 Å². The molecular formula is C32H42BBrN4O6S2. The van der Waals surface area contributed by atoms with Crippen LogP contribution in [0.25, 0.3) is 11.1 Å². The molecule has 10 nitrogen and oxygen atoms in total. The zero-order valence-electron chi connectivity index (χ0n) is 26.7. The predicted octanol–water partition coefficient (Wildman–Crippen LogP) is 4.49. The van der Waals surface area contributed by atoms with Crippen LogP contribution in [0.15, 0.2) is 111 Å². The molecule has 0 saturated carbocycles. The summed E-state index contributed by atoms with van der Waals surface area (Å²) < 4.78 is 55.4. The molecule has 46 heavy (non-hydrogen) atoms. The van der Waals surface area contributed by atoms with Crippen molar-refractivity contribution in [1.29, 1.82) is 0 Å². The zero-order valence-corrected chi connectivity index (χ0v) is 29.9. The van der Waals surface area contributed by atoms with Gasteiger partial charge in [-0.25, -0.2) is 26.3 Å². The molecule has 0 aliphatic rings. The molecule has 0 bridgehead atoms. The molecule has 0 aromatic heterocycles. The van der Waals surface area contributed by atoms with E-state index in [1.54, 1.807) is 57.2 Å². The van der Waals surface area contributed by atoms with Crippen molar-refractivity contribution in [3.05, 3.63) is 102 Å². The molecule has 0 heterocycles. The number of nitrogen functional groups attached to an aromatic ring is 2. The Labute approximate surface area is 281 Å². The van der Waals surface area contributed by atoms with Crippen LogP contribution >= 0.6 is 15.9 Å². The molecule has 4 rings (SSSR count). The van der Waals surface area contributed by atoms with Crippen molar-refractivity contribution in [2.75, 3.05) is 11.5 Å². The van der Waals surface area contributed by atoms with Gasteiger partial charge in [0, 0.05) is 38.0 Å². The Bertz CT molecular complexity index is 1810. The number of sulfonamides is 2. The molecule has 0 spiro atoms. The van der Waals surface area contributed by atoms with Gasteiger partial charge in [-0.15, -0.1) is 0 Å². The summed E-state index contributed by atoms with van der Waals surface area (Å²) >= 11 is 3.28. The van der Waals surface area contributed by atoms with Gasteiger partial charge in [0.05, 0.1) is 9.79 Å². The second-order valence-electron chi connectivity index (χ2n) is 12.3. The second-order valence-corrected chi connectivity index (χ2v) is 16.5. The van der Waals surface area contributed by atoms with E-state index in [9.17, 15) is 16.8 Å². The maximum Gasteiger partial charge on any atom is 0.489 e. The van der Waals surface area contributed by atoms with Crippen molar-refractivity contribution < 1.29 is 26.9 Å². The van der Waals surface area contributed by atoms with Crippen LogP contribution in [0.4, 0.5) is 11.4 Å². The molecule has 0 aliphatic carbocycles. The van der Waals surface area contributed by atoms with Gasteiger partial charge in [0.25, 0.3) is 0 Å². The molecule has 4 aromatic carbocycles. The molecule has 0 saturated heterocycles. The molecular weight excluding hydrogens is 691 g/mol. The van der Waals surface area contributed by atoms with Gasteiger partial charge < -0.3 is 21.5 Å². The van der Waals surface area contributed by atoms with Crippen LogP contribution in [-0.4, -0.2) is 45.1 Å². The lowest BCUT2D eigenvalue weighted by Crippen LogP contribution is -2.44. The number of hydrogen-bond donors (Lipinski definition) is 6. The minimum Gasteiger partial charge on any atom is -0.423 e. The van der Waals surface area contributed by atoms with Crippen molar-refractivity contribution >= 4 is 59.9 Å². The average molecular weight is 734 g/mol. The van der Waals surface area contributed by atoms with Gasteiger partial charge in [-0.3, -0.25) is 0 Å². The molecule has 0 unspecified atom stereocenters. The first-order chi connectivity index (χ1) is 21.1. The highest BCUT2D eigenvalue weighted by atomic mass is 79.9. The summed E-state index contributed by atoms with van der Waals surface area (Å²) in [5.41, 5.74) is 12.8. The fourth-order valence-electron chi connectivity index (χ4n) is 4.01. The zero-order chi connectivity index (χ0) is 34.9. The van der Waals surface area contributed by atoms with Gasteiger partial charge in [-0.05, 0) is 89.6 Å². The maximum atomic E-state index is 12.6. The normalized spacial score (nSPS) is 11.8. The number of halogens is 1. The first kappa shape index (κ1) is 38.9. The first-order valence-corrected chi connectivity index (χ1v) is 17.9. The summed E-state index contributed by atoms with van der Waals surface area (Å²) in [5, 5.41) is 18.3. The van der Waals surface area contributed by atoms with Crippen LogP contribution < -0.4 is 26.4 Å². The molecule has 0 radical (unpaired) electrons. The summed E-state index contributed by atoms with van der Waals surface area (Å²) in [6.45, 7) is 10.6. The second kappa shape index (κ2) is 16.0. The summed E-state index contributed by atoms with van der Waals surface area (Å²) in [5.74, 6) is 0. The third kappa shape index (κ3) is 12.9. The van der Waals surface area contributed by atoms with Gasteiger partial charge in [-0.1, -0.05) is 70.5 Å². The number of hydrogen-bond acceptors (Lipinski definition) is 8. The van der Waals surface area contributed by atoms with E-state index < -0.39 is 38.2 Å². The number of nitrogens with one attached hydrogen (secondary N) is 2. The highest BCUT2D eigenvalue weighted by Crippen LogP contribution is 2.29. The van der Waals surface area contributed by atoms with Crippen molar-refractivity contribution in [3.8, 4) is 11.1 Å². The molecule has 14 heteroatoms. The van der Waals surface area contributed by atoms with E-state index in [4.69, 9.17) is 21.5 Å². The van der Waals surface area contributed by atoms with E-state index in [2.05, 4.69) is 25.4 Å². The van der Waals surface area contributed by atoms with E-state index in [1.165, 1.54) is 18.2 Å². The number of anilines is 2. The van der Waals surface area contributed by atoms with Crippen LogP contribution in [-0.2, 0) is 20.0 Å². The largest absolute Gasteiger partial charge is 0.489 e. The Balaban J connectivity index is 0.000000263. The molecule has 0 fully saturated rings. The lowest BCUT2D eigenvalue weighted by atomic mass is 9.80. The van der Waals surface area contributed by atoms with Crippen molar-refractivity contribution in [2.24, 2.45) is 0 Å². The smallest absolute Gasteiger partial charge is 0.423 e. The average Bonchev–Trinajstić information content (AvgIpc) is 2.91. The Morgan fingerprint density at radius 3 is 1.54 bits per heavy atom. The molecule has 0 aliphatic heterocycles. The summed E-state index contributed by atoms with van der Waals surface area (Å²) in [4.78, 5) is 0.135. The number of rotatable bonds is 6. The fraction of sp³-hybridized carbons (Fsp3) is 0.250. The van der Waals surface area contributed by atoms with Gasteiger partial charge in [-0.2, -0.15) is 0 Å². The Morgan fingerprint density at radius 1 is 0.630 bits per heavy atom. The topological polar surface area (TPSA) is 185 Å². The van der Waals surface area contributed by atoms with Crippen LogP contribution in [0.1, 0.15) is 41.5 Å². The molecule has 8 N–H and O–H groups in total. The maximum absolute atomic E-state index is 12.6. The van der Waals surface area contributed by atoms with E-state index in [0.29, 0.717) is 11.3 Å². The Morgan fingerprint density at radius 2 is 1.09 bits per heavy atom. The minimum absolute atomic E-state index is 0.0377. The van der Waals surface area contributed by atoms with E-state index in [0.717, 1.165) is 15.7 Å². The van der Waals surface area contributed by atoms with Crippen LogP contribution in [0.5, 0.6) is 0 Å². The number of benzene rings is 4. The lowest BCUT2D eigenvalue weighted by molar-refractivity contribution is 0.424. The van der Waals surface area contributed by atoms with Crippen molar-refractivity contribution in [2.45, 2.75) is 62.4 Å². The van der Waals surface area contributed by atoms with Crippen LogP contribution in [0.3, 0.4) is 0 Å². The fourth-order valence-corrected chi connectivity index (χ4v) is 7.73. The van der Waals surface area contributed by atoms with Gasteiger partial charge in [0.1, 0.15) is 0 Å². The minimum atomic E-state index is -3.76. The quantitative estimate of drug-likeness (QED) is 0.124. The van der Waals surface area contributed by atoms with Gasteiger partial charge in [0.2, 0.25) is 20.0 Å². The summed E-state index contributed by atoms with van der Waals surface area (Å²) in [6, 6.07) is 27.5. The Hall–Kier alpha value is -3.24. The highest BCUT2D eigenvalue weighted by Gasteiger charge is 2.28. The number of nitrogens with two attached hydrogens (primary N) is 2. The molecule has 0 atom stereocenters. The third-order valence-corrected chi connectivity index (χ3v) is 9.73. The van der Waals surface area contributed by atoms with E-state index >= 15 is 0 Å². The third-order valence-electron chi connectivity index (χ3n) is 5.59. The standard InChI is InChI=1S/C16H20N2O2S.C10H16BNO4S.C6H6BrN/c1-16(2,3)18-21(19,20)15-10-5-4-9-14(15)12-7-6-8-13(17)11-12;1-10(2,3)12-17(15,16)9-7-5-4-6-8(9)11(13)14;7-5-2-1-3-6(8)4-5/h4-11,18H,17H2,1-3H3;4-7,12-14H,1-3H3;1-4H,8H2. The first-order valence-electron chi connectivity index (χ1n) is 14.1. The molecule has 0 amide bonds. The van der Waals surface area contributed by atoms with E-state index in [-0.39, 0.29) is 15.3 Å². The van der Waals surface area contributed by atoms with Gasteiger partial charge in [0.15, 0.2) is 0 Å². The predicted molar refractivity (Wildman–Crippen MR) is 191 cm³/mol. The SMILES string of the molecule is CC(C)(C)NS(=O)(=O)c1ccccc1-c1cccc(N)c1.CC(C)(C)NS(=O)(=O)c1ccccc1B(O)O.Nc1cccc(Br)c1. The molecule has 248 valence electrons. The van der Waals surface area contributed by atoms with Crippen LogP contribution in [0.2, 0.25) is 0 Å². The summed E-state index contributed by atoms with van der Waals surface area (Å²) in [6.07, 6.45) is 0. The Kier molecular flexibility index (Phi) is 13.6. The monoisotopic (exact) mass is 732 g/mol.